The number of halogens is 1. The first-order valence-corrected chi connectivity index (χ1v) is 17.1. The van der Waals surface area contributed by atoms with Crippen LogP contribution in [0.25, 0.3) is 6.08 Å². The average molecular weight is 783 g/mol. The molecule has 3 heterocycles. The monoisotopic (exact) mass is 782 g/mol. The molecule has 0 radical (unpaired) electrons. The van der Waals surface area contributed by atoms with Gasteiger partial charge in [-0.25, -0.2) is 14.6 Å². The fourth-order valence-electron chi connectivity index (χ4n) is 5.58. The quantitative estimate of drug-likeness (QED) is 0.161. The summed E-state index contributed by atoms with van der Waals surface area (Å²) in [6, 6.07) is 14.8. The van der Waals surface area contributed by atoms with Crippen LogP contribution in [0, 0.1) is 3.57 Å². The van der Waals surface area contributed by atoms with Crippen LogP contribution in [-0.2, 0) is 16.1 Å². The third-order valence-electron chi connectivity index (χ3n) is 7.71. The Morgan fingerprint density at radius 3 is 2.69 bits per heavy atom. The number of carbonyl (C=O) groups is 2. The lowest BCUT2D eigenvalue weighted by atomic mass is 9.94. The minimum Gasteiger partial charge on any atom is -0.493 e. The predicted octanol–water partition coefficient (Wildman–Crippen LogP) is 5.20. The number of rotatable bonds is 11. The summed E-state index contributed by atoms with van der Waals surface area (Å²) >= 11 is 3.38. The number of hydrogen-bond donors (Lipinski definition) is 1. The minimum atomic E-state index is -1.01. The lowest BCUT2D eigenvalue weighted by molar-refractivity contribution is -0.139. The molecule has 1 N–H and O–H groups in total. The second kappa shape index (κ2) is 14.2. The Hall–Kier alpha value is -4.63. The molecule has 0 bridgehead atoms. The lowest BCUT2D eigenvalue weighted by Gasteiger charge is -2.25. The zero-order valence-electron chi connectivity index (χ0n) is 26.3. The van der Waals surface area contributed by atoms with E-state index in [-0.39, 0.29) is 31.1 Å². The van der Waals surface area contributed by atoms with Gasteiger partial charge in [-0.15, -0.1) is 0 Å². The van der Waals surface area contributed by atoms with Gasteiger partial charge >= 0.3 is 11.9 Å². The second-order valence-corrected chi connectivity index (χ2v) is 13.0. The van der Waals surface area contributed by atoms with Gasteiger partial charge in [0, 0.05) is 0 Å². The maximum absolute atomic E-state index is 14.2. The van der Waals surface area contributed by atoms with Gasteiger partial charge in [-0.05, 0) is 95.1 Å². The van der Waals surface area contributed by atoms with Crippen LogP contribution in [0.5, 0.6) is 23.0 Å². The standard InChI is InChI=1S/C35H31IN2O9S/c1-4-7-24-29(34(42)44-5-2)30(21-10-11-25-26(16-21)47-18-46-25)38-32(39)28(48-35(38)37-24)15-20-13-23(36)31(27(14-20)43-3)45-17-19-8-6-9-22(12-19)33(40)41/h6,8-16,30H,4-5,7,17-18H2,1-3H3,(H,40,41)/b28-15-/t30-/m1/s1. The van der Waals surface area contributed by atoms with Crippen LogP contribution in [0.3, 0.4) is 0 Å². The Labute approximate surface area is 292 Å². The molecule has 0 saturated carbocycles. The number of methoxy groups -OCH3 is 1. The Morgan fingerprint density at radius 1 is 1.12 bits per heavy atom. The van der Waals surface area contributed by atoms with Crippen molar-refractivity contribution in [1.29, 1.82) is 0 Å². The molecule has 0 amide bonds. The van der Waals surface area contributed by atoms with Gasteiger partial charge in [0.15, 0.2) is 27.8 Å². The number of carbonyl (C=O) groups excluding carboxylic acids is 1. The zero-order chi connectivity index (χ0) is 33.9. The van der Waals surface area contributed by atoms with Gasteiger partial charge in [0.2, 0.25) is 6.79 Å². The maximum atomic E-state index is 14.2. The fraction of sp³-hybridized carbons (Fsp3) is 0.257. The number of aromatic carboxylic acids is 1. The number of carboxylic acid groups (broad SMARTS) is 1. The SMILES string of the molecule is CCCC1=C(C(=O)OCC)[C@@H](c2ccc3c(c2)OCO3)n2c(s/c(=C\c3cc(I)c(OCc4cccc(C(=O)O)c4)c(OC)c3)c2=O)=N1. The molecule has 11 nitrogen and oxygen atoms in total. The molecular formula is C35H31IN2O9S. The van der Waals surface area contributed by atoms with E-state index in [4.69, 9.17) is 28.7 Å². The van der Waals surface area contributed by atoms with Crippen LogP contribution < -0.4 is 33.8 Å². The van der Waals surface area contributed by atoms with E-state index in [1.807, 2.05) is 19.1 Å². The summed E-state index contributed by atoms with van der Waals surface area (Å²) in [5.74, 6) is 0.523. The number of esters is 1. The molecule has 0 aliphatic carbocycles. The molecule has 48 heavy (non-hydrogen) atoms. The maximum Gasteiger partial charge on any atom is 0.338 e. The van der Waals surface area contributed by atoms with Crippen molar-refractivity contribution in [3.8, 4) is 23.0 Å². The summed E-state index contributed by atoms with van der Waals surface area (Å²) < 4.78 is 31.1. The first-order chi connectivity index (χ1) is 23.2. The smallest absolute Gasteiger partial charge is 0.338 e. The summed E-state index contributed by atoms with van der Waals surface area (Å²) in [6.45, 7) is 4.15. The lowest BCUT2D eigenvalue weighted by Crippen LogP contribution is -2.40. The molecule has 13 heteroatoms. The van der Waals surface area contributed by atoms with Gasteiger partial charge in [0.05, 0.1) is 44.7 Å². The van der Waals surface area contributed by atoms with Crippen LogP contribution in [0.15, 0.2) is 75.7 Å². The van der Waals surface area contributed by atoms with Gasteiger partial charge < -0.3 is 28.8 Å². The largest absolute Gasteiger partial charge is 0.493 e. The fourth-order valence-corrected chi connectivity index (χ4v) is 7.38. The molecule has 248 valence electrons. The van der Waals surface area contributed by atoms with Crippen LogP contribution in [0.2, 0.25) is 0 Å². The number of aromatic nitrogens is 1. The molecule has 4 aromatic rings. The van der Waals surface area contributed by atoms with E-state index in [9.17, 15) is 19.5 Å². The Kier molecular flexibility index (Phi) is 9.87. The number of benzene rings is 3. The highest BCUT2D eigenvalue weighted by molar-refractivity contribution is 14.1. The van der Waals surface area contributed by atoms with Crippen molar-refractivity contribution in [2.45, 2.75) is 39.3 Å². The van der Waals surface area contributed by atoms with Crippen LogP contribution in [0.1, 0.15) is 59.8 Å². The summed E-state index contributed by atoms with van der Waals surface area (Å²) in [5.41, 5.74) is 2.82. The molecule has 3 aromatic carbocycles. The van der Waals surface area contributed by atoms with E-state index >= 15 is 0 Å². The molecule has 6 rings (SSSR count). The third-order valence-corrected chi connectivity index (χ3v) is 9.50. The molecule has 0 spiro atoms. The van der Waals surface area contributed by atoms with Crippen LogP contribution in [-0.4, -0.2) is 42.1 Å². The summed E-state index contributed by atoms with van der Waals surface area (Å²) in [7, 11) is 1.53. The number of allylic oxidation sites excluding steroid dienone is 1. The minimum absolute atomic E-state index is 0.0905. The van der Waals surface area contributed by atoms with Gasteiger partial charge in [0.1, 0.15) is 6.61 Å². The van der Waals surface area contributed by atoms with E-state index in [2.05, 4.69) is 22.6 Å². The first kappa shape index (κ1) is 33.3. The Balaban J connectivity index is 1.42. The number of carboxylic acids is 1. The van der Waals surface area contributed by atoms with Crippen molar-refractivity contribution < 1.29 is 38.4 Å². The molecule has 0 unspecified atom stereocenters. The van der Waals surface area contributed by atoms with E-state index in [1.54, 1.807) is 54.0 Å². The topological polar surface area (TPSA) is 135 Å². The van der Waals surface area contributed by atoms with E-state index < -0.39 is 18.0 Å². The Morgan fingerprint density at radius 2 is 1.94 bits per heavy atom. The van der Waals surface area contributed by atoms with Gasteiger partial charge in [-0.1, -0.05) is 42.9 Å². The molecule has 1 aromatic heterocycles. The average Bonchev–Trinajstić information content (AvgIpc) is 3.67. The van der Waals surface area contributed by atoms with Crippen molar-refractivity contribution in [3.63, 3.8) is 0 Å². The molecule has 1 atom stereocenters. The van der Waals surface area contributed by atoms with Crippen molar-refractivity contribution in [2.24, 2.45) is 4.99 Å². The second-order valence-electron chi connectivity index (χ2n) is 10.9. The predicted molar refractivity (Wildman–Crippen MR) is 186 cm³/mol. The molecule has 0 saturated heterocycles. The van der Waals surface area contributed by atoms with Crippen molar-refractivity contribution in [2.75, 3.05) is 20.5 Å². The number of thiazole rings is 1. The number of fused-ring (bicyclic) bond motifs is 2. The van der Waals surface area contributed by atoms with E-state index in [0.29, 0.717) is 66.7 Å². The van der Waals surface area contributed by atoms with Crippen molar-refractivity contribution in [3.05, 3.63) is 111 Å². The summed E-state index contributed by atoms with van der Waals surface area (Å²) in [6.07, 6.45) is 3.03. The van der Waals surface area contributed by atoms with Crippen LogP contribution >= 0.6 is 33.9 Å². The highest BCUT2D eigenvalue weighted by atomic mass is 127. The molecular weight excluding hydrogens is 751 g/mol. The van der Waals surface area contributed by atoms with Gasteiger partial charge in [-0.3, -0.25) is 9.36 Å². The van der Waals surface area contributed by atoms with Crippen molar-refractivity contribution >= 4 is 51.9 Å². The Bertz CT molecular complexity index is 2140. The van der Waals surface area contributed by atoms with E-state index in [1.165, 1.54) is 24.5 Å². The van der Waals surface area contributed by atoms with Crippen molar-refractivity contribution in [1.82, 2.24) is 4.57 Å². The summed E-state index contributed by atoms with van der Waals surface area (Å²) in [5, 5.41) is 9.32. The first-order valence-electron chi connectivity index (χ1n) is 15.2. The zero-order valence-corrected chi connectivity index (χ0v) is 29.3. The van der Waals surface area contributed by atoms with E-state index in [0.717, 1.165) is 9.99 Å². The summed E-state index contributed by atoms with van der Waals surface area (Å²) in [4.78, 5) is 44.4. The molecule has 2 aliphatic rings. The molecule has 2 aliphatic heterocycles. The molecule has 0 fully saturated rings. The highest BCUT2D eigenvalue weighted by Gasteiger charge is 2.35. The van der Waals surface area contributed by atoms with Crippen LogP contribution in [0.4, 0.5) is 0 Å². The van der Waals surface area contributed by atoms with Gasteiger partial charge in [-0.2, -0.15) is 0 Å². The third kappa shape index (κ3) is 6.56. The number of nitrogens with zero attached hydrogens (tertiary/aromatic N) is 2. The highest BCUT2D eigenvalue weighted by Crippen LogP contribution is 2.39. The number of ether oxygens (including phenoxy) is 5. The number of hydrogen-bond acceptors (Lipinski definition) is 10. The van der Waals surface area contributed by atoms with Gasteiger partial charge in [0.25, 0.3) is 5.56 Å². The normalized spacial score (nSPS) is 15.2.